The summed E-state index contributed by atoms with van der Waals surface area (Å²) in [6.45, 7) is 0.870. The Bertz CT molecular complexity index is 440. The molecular weight excluding hydrogens is 210 g/mol. The van der Waals surface area contributed by atoms with Crippen LogP contribution in [0.2, 0.25) is 0 Å². The minimum Gasteiger partial charge on any atom is -0.383 e. The predicted octanol–water partition coefficient (Wildman–Crippen LogP) is 2.13. The molecule has 2 unspecified atom stereocenters. The van der Waals surface area contributed by atoms with Gasteiger partial charge in [0.05, 0.1) is 6.04 Å². The number of fused-ring (bicyclic) bond motifs is 1. The molecular formula is C15H19NO. The third kappa shape index (κ3) is 1.81. The molecule has 2 heteroatoms. The molecule has 1 aliphatic carbocycles. The van der Waals surface area contributed by atoms with Crippen molar-refractivity contribution < 1.29 is 5.11 Å². The summed E-state index contributed by atoms with van der Waals surface area (Å²) in [4.78, 5) is 0. The Hall–Kier alpha value is -1.12. The molecule has 1 heterocycles. The first-order valence-corrected chi connectivity index (χ1v) is 6.51. The van der Waals surface area contributed by atoms with Gasteiger partial charge in [-0.05, 0) is 36.8 Å². The second-order valence-electron chi connectivity index (χ2n) is 5.10. The third-order valence-corrected chi connectivity index (χ3v) is 4.04. The van der Waals surface area contributed by atoms with E-state index in [4.69, 9.17) is 0 Å². The van der Waals surface area contributed by atoms with Crippen molar-refractivity contribution >= 4 is 0 Å². The van der Waals surface area contributed by atoms with Crippen LogP contribution in [0.15, 0.2) is 36.4 Å². The van der Waals surface area contributed by atoms with Gasteiger partial charge in [-0.3, -0.25) is 0 Å². The molecule has 2 atom stereocenters. The Morgan fingerprint density at radius 1 is 1.24 bits per heavy atom. The van der Waals surface area contributed by atoms with Gasteiger partial charge in [-0.1, -0.05) is 36.4 Å². The maximum atomic E-state index is 11.1. The Morgan fingerprint density at radius 3 is 2.94 bits per heavy atom. The van der Waals surface area contributed by atoms with E-state index < -0.39 is 5.60 Å². The SMILES string of the molecule is OC1(C2C=CCN2)CCCCc2ccccc21. The summed E-state index contributed by atoms with van der Waals surface area (Å²) in [5, 5.41) is 14.5. The summed E-state index contributed by atoms with van der Waals surface area (Å²) in [5.41, 5.74) is 1.72. The average Bonchev–Trinajstić information content (AvgIpc) is 2.84. The molecule has 2 aliphatic rings. The lowest BCUT2D eigenvalue weighted by atomic mass is 9.82. The molecule has 0 spiro atoms. The fourth-order valence-electron chi connectivity index (χ4n) is 3.12. The van der Waals surface area contributed by atoms with Gasteiger partial charge in [0.25, 0.3) is 0 Å². The molecule has 0 amide bonds. The normalized spacial score (nSPS) is 32.2. The first-order chi connectivity index (χ1) is 8.31. The average molecular weight is 229 g/mol. The molecule has 2 nitrogen and oxygen atoms in total. The van der Waals surface area contributed by atoms with Gasteiger partial charge in [-0.15, -0.1) is 0 Å². The molecule has 2 N–H and O–H groups in total. The van der Waals surface area contributed by atoms with Crippen LogP contribution in [-0.4, -0.2) is 17.7 Å². The van der Waals surface area contributed by atoms with Crippen LogP contribution in [0, 0.1) is 0 Å². The van der Waals surface area contributed by atoms with Crippen molar-refractivity contribution in [1.29, 1.82) is 0 Å². The smallest absolute Gasteiger partial charge is 0.109 e. The Kier molecular flexibility index (Phi) is 2.77. The van der Waals surface area contributed by atoms with Gasteiger partial charge in [0.1, 0.15) is 5.60 Å². The highest BCUT2D eigenvalue weighted by molar-refractivity contribution is 5.36. The first kappa shape index (κ1) is 11.0. The molecule has 1 aliphatic heterocycles. The number of hydrogen-bond acceptors (Lipinski definition) is 2. The molecule has 0 aromatic heterocycles. The van der Waals surface area contributed by atoms with E-state index in [0.29, 0.717) is 0 Å². The second-order valence-corrected chi connectivity index (χ2v) is 5.10. The van der Waals surface area contributed by atoms with Crippen molar-refractivity contribution in [2.24, 2.45) is 0 Å². The lowest BCUT2D eigenvalue weighted by molar-refractivity contribution is 0.00636. The van der Waals surface area contributed by atoms with Crippen molar-refractivity contribution in [2.75, 3.05) is 6.54 Å². The lowest BCUT2D eigenvalue weighted by Gasteiger charge is -2.34. The van der Waals surface area contributed by atoms with Crippen molar-refractivity contribution in [3.8, 4) is 0 Å². The van der Waals surface area contributed by atoms with Crippen LogP contribution in [0.25, 0.3) is 0 Å². The molecule has 90 valence electrons. The zero-order valence-corrected chi connectivity index (χ0v) is 10.0. The molecule has 0 bridgehead atoms. The van der Waals surface area contributed by atoms with Gasteiger partial charge in [0, 0.05) is 6.54 Å². The summed E-state index contributed by atoms with van der Waals surface area (Å²) >= 11 is 0. The van der Waals surface area contributed by atoms with E-state index in [9.17, 15) is 5.11 Å². The number of rotatable bonds is 1. The van der Waals surface area contributed by atoms with E-state index in [0.717, 1.165) is 31.4 Å². The standard InChI is InChI=1S/C15H19NO/c17-15(14-9-5-11-16-14)10-4-3-7-12-6-1-2-8-13(12)15/h1-2,5-6,8-9,14,16-17H,3-4,7,10-11H2. The largest absolute Gasteiger partial charge is 0.383 e. The van der Waals surface area contributed by atoms with Crippen LogP contribution >= 0.6 is 0 Å². The predicted molar refractivity (Wildman–Crippen MR) is 68.8 cm³/mol. The van der Waals surface area contributed by atoms with Crippen LogP contribution in [0.4, 0.5) is 0 Å². The van der Waals surface area contributed by atoms with E-state index in [1.54, 1.807) is 0 Å². The van der Waals surface area contributed by atoms with Crippen LogP contribution in [0.1, 0.15) is 30.4 Å². The van der Waals surface area contributed by atoms with Crippen molar-refractivity contribution in [3.63, 3.8) is 0 Å². The monoisotopic (exact) mass is 229 g/mol. The van der Waals surface area contributed by atoms with Gasteiger partial charge in [0.15, 0.2) is 0 Å². The molecule has 1 aromatic rings. The van der Waals surface area contributed by atoms with Gasteiger partial charge < -0.3 is 10.4 Å². The van der Waals surface area contributed by atoms with Gasteiger partial charge in [-0.25, -0.2) is 0 Å². The highest BCUT2D eigenvalue weighted by Gasteiger charge is 2.39. The fourth-order valence-corrected chi connectivity index (χ4v) is 3.12. The number of aryl methyl sites for hydroxylation is 1. The van der Waals surface area contributed by atoms with E-state index in [2.05, 4.69) is 35.7 Å². The summed E-state index contributed by atoms with van der Waals surface area (Å²) < 4.78 is 0. The molecule has 0 saturated carbocycles. The number of hydrogen-bond donors (Lipinski definition) is 2. The second kappa shape index (κ2) is 4.28. The van der Waals surface area contributed by atoms with Crippen LogP contribution in [-0.2, 0) is 12.0 Å². The number of aliphatic hydroxyl groups is 1. The fraction of sp³-hybridized carbons (Fsp3) is 0.467. The van der Waals surface area contributed by atoms with Gasteiger partial charge >= 0.3 is 0 Å². The molecule has 17 heavy (non-hydrogen) atoms. The van der Waals surface area contributed by atoms with Crippen molar-refractivity contribution in [3.05, 3.63) is 47.5 Å². The quantitative estimate of drug-likeness (QED) is 0.571. The summed E-state index contributed by atoms with van der Waals surface area (Å²) in [6.07, 6.45) is 8.44. The maximum absolute atomic E-state index is 11.1. The first-order valence-electron chi connectivity index (χ1n) is 6.51. The summed E-state index contributed by atoms with van der Waals surface area (Å²) in [6, 6.07) is 8.43. The number of nitrogens with one attached hydrogen (secondary N) is 1. The Morgan fingerprint density at radius 2 is 2.12 bits per heavy atom. The zero-order valence-electron chi connectivity index (χ0n) is 10.0. The van der Waals surface area contributed by atoms with Crippen molar-refractivity contribution in [2.45, 2.75) is 37.3 Å². The topological polar surface area (TPSA) is 32.3 Å². The van der Waals surface area contributed by atoms with Gasteiger partial charge in [0.2, 0.25) is 0 Å². The highest BCUT2D eigenvalue weighted by atomic mass is 16.3. The van der Waals surface area contributed by atoms with Gasteiger partial charge in [-0.2, -0.15) is 0 Å². The Labute approximate surface area is 102 Å². The minimum atomic E-state index is -0.722. The Balaban J connectivity index is 2.06. The lowest BCUT2D eigenvalue weighted by Crippen LogP contribution is -2.45. The van der Waals surface area contributed by atoms with E-state index in [1.807, 2.05) is 6.07 Å². The number of benzene rings is 1. The summed E-state index contributed by atoms with van der Waals surface area (Å²) in [7, 11) is 0. The zero-order chi connectivity index (χ0) is 11.7. The van der Waals surface area contributed by atoms with E-state index in [1.165, 1.54) is 12.0 Å². The summed E-state index contributed by atoms with van der Waals surface area (Å²) in [5.74, 6) is 0. The van der Waals surface area contributed by atoms with Crippen LogP contribution < -0.4 is 5.32 Å². The van der Waals surface area contributed by atoms with E-state index >= 15 is 0 Å². The molecule has 0 radical (unpaired) electrons. The molecule has 0 saturated heterocycles. The highest BCUT2D eigenvalue weighted by Crippen LogP contribution is 2.37. The van der Waals surface area contributed by atoms with Crippen LogP contribution in [0.5, 0.6) is 0 Å². The van der Waals surface area contributed by atoms with E-state index in [-0.39, 0.29) is 6.04 Å². The maximum Gasteiger partial charge on any atom is 0.109 e. The molecule has 0 fully saturated rings. The molecule has 1 aromatic carbocycles. The molecule has 3 rings (SSSR count). The van der Waals surface area contributed by atoms with Crippen LogP contribution in [0.3, 0.4) is 0 Å². The van der Waals surface area contributed by atoms with Crippen molar-refractivity contribution in [1.82, 2.24) is 5.32 Å². The minimum absolute atomic E-state index is 0.0711. The third-order valence-electron chi connectivity index (χ3n) is 4.04.